The van der Waals surface area contributed by atoms with Gasteiger partial charge in [0, 0.05) is 12.8 Å². The normalized spacial score (nSPS) is 24.4. The number of ketones is 1. The first-order valence-electron chi connectivity index (χ1n) is 7.32. The van der Waals surface area contributed by atoms with E-state index >= 15 is 0 Å². The van der Waals surface area contributed by atoms with Crippen LogP contribution < -0.4 is 0 Å². The molecule has 2 heteroatoms. The van der Waals surface area contributed by atoms with E-state index in [2.05, 4.69) is 0 Å². The van der Waals surface area contributed by atoms with Gasteiger partial charge in [0.2, 0.25) is 11.5 Å². The molecule has 0 unspecified atom stereocenters. The maximum atomic E-state index is 11.7. The van der Waals surface area contributed by atoms with Crippen molar-refractivity contribution in [3.63, 3.8) is 0 Å². The van der Waals surface area contributed by atoms with Gasteiger partial charge in [0.1, 0.15) is 0 Å². The Hall–Kier alpha value is -0.790. The van der Waals surface area contributed by atoms with Crippen LogP contribution in [0, 0.1) is 0 Å². The van der Waals surface area contributed by atoms with Crippen LogP contribution in [0.4, 0.5) is 0 Å². The number of rotatable bonds is 0. The molecule has 0 aromatic rings. The van der Waals surface area contributed by atoms with Crippen molar-refractivity contribution in [2.75, 3.05) is 0 Å². The molecule has 0 bridgehead atoms. The largest absolute Gasteiger partial charge is 0.450 e. The summed E-state index contributed by atoms with van der Waals surface area (Å²) >= 11 is 0. The number of hydrogen-bond acceptors (Lipinski definition) is 2. The van der Waals surface area contributed by atoms with E-state index < -0.39 is 0 Å². The first-order chi connectivity index (χ1) is 8.38. The Labute approximate surface area is 104 Å². The van der Waals surface area contributed by atoms with Gasteiger partial charge in [0.15, 0.2) is 5.76 Å². The van der Waals surface area contributed by atoms with Crippen molar-refractivity contribution in [3.8, 4) is 0 Å². The standard InChI is InChI=1S/C15H24O2/c16-13-11-9-7-5-3-1-2-4-6-8-10-12-14-15(13)17-14/h1-12H2. The summed E-state index contributed by atoms with van der Waals surface area (Å²) in [5, 5.41) is 0. The topological polar surface area (TPSA) is 29.6 Å². The van der Waals surface area contributed by atoms with Crippen molar-refractivity contribution in [3.05, 3.63) is 11.5 Å². The second-order valence-electron chi connectivity index (χ2n) is 5.31. The molecular weight excluding hydrogens is 212 g/mol. The van der Waals surface area contributed by atoms with Crippen LogP contribution in [0.5, 0.6) is 0 Å². The zero-order chi connectivity index (χ0) is 11.9. The van der Waals surface area contributed by atoms with Crippen LogP contribution in [0.25, 0.3) is 0 Å². The van der Waals surface area contributed by atoms with Crippen molar-refractivity contribution in [1.82, 2.24) is 0 Å². The summed E-state index contributed by atoms with van der Waals surface area (Å²) < 4.78 is 5.31. The fourth-order valence-corrected chi connectivity index (χ4v) is 2.57. The summed E-state index contributed by atoms with van der Waals surface area (Å²) in [5.74, 6) is 1.94. The second kappa shape index (κ2) is 6.83. The summed E-state index contributed by atoms with van der Waals surface area (Å²) in [6.45, 7) is 0. The number of carbonyl (C=O) groups excluding carboxylic acids is 1. The predicted molar refractivity (Wildman–Crippen MR) is 68.5 cm³/mol. The van der Waals surface area contributed by atoms with Crippen molar-refractivity contribution < 1.29 is 9.53 Å². The summed E-state index contributed by atoms with van der Waals surface area (Å²) in [4.78, 5) is 11.7. The van der Waals surface area contributed by atoms with Crippen LogP contribution in [-0.2, 0) is 9.53 Å². The lowest BCUT2D eigenvalue weighted by atomic mass is 10.1. The summed E-state index contributed by atoms with van der Waals surface area (Å²) in [6, 6.07) is 0. The van der Waals surface area contributed by atoms with E-state index in [1.807, 2.05) is 0 Å². The first kappa shape index (κ1) is 12.7. The van der Waals surface area contributed by atoms with Crippen molar-refractivity contribution in [2.45, 2.75) is 77.0 Å². The van der Waals surface area contributed by atoms with Crippen LogP contribution in [-0.4, -0.2) is 5.78 Å². The molecule has 0 amide bonds. The molecule has 1 aliphatic heterocycles. The molecule has 17 heavy (non-hydrogen) atoms. The Morgan fingerprint density at radius 3 is 1.71 bits per heavy atom. The van der Waals surface area contributed by atoms with Crippen molar-refractivity contribution >= 4 is 5.78 Å². The first-order valence-corrected chi connectivity index (χ1v) is 7.32. The fourth-order valence-electron chi connectivity index (χ4n) is 2.57. The Kier molecular flexibility index (Phi) is 5.08. The molecule has 0 atom stereocenters. The third-order valence-corrected chi connectivity index (χ3v) is 3.75. The highest BCUT2D eigenvalue weighted by atomic mass is 16.6. The van der Waals surface area contributed by atoms with Gasteiger partial charge < -0.3 is 4.74 Å². The molecule has 2 rings (SSSR count). The second-order valence-corrected chi connectivity index (χ2v) is 5.31. The van der Waals surface area contributed by atoms with Crippen LogP contribution in [0.15, 0.2) is 11.5 Å². The van der Waals surface area contributed by atoms with Crippen LogP contribution in [0.2, 0.25) is 0 Å². The average molecular weight is 236 g/mol. The number of ether oxygens (including phenoxy) is 1. The molecule has 2 nitrogen and oxygen atoms in total. The highest BCUT2D eigenvalue weighted by molar-refractivity contribution is 5.96. The quantitative estimate of drug-likeness (QED) is 0.620. The Morgan fingerprint density at radius 1 is 0.647 bits per heavy atom. The van der Waals surface area contributed by atoms with E-state index in [0.29, 0.717) is 12.2 Å². The van der Waals surface area contributed by atoms with E-state index in [4.69, 9.17) is 4.74 Å². The molecule has 2 aliphatic rings. The molecule has 0 saturated carbocycles. The molecule has 0 N–H and O–H groups in total. The SMILES string of the molecule is O=C1CCCCCCCCCCCCC2=C1O2. The lowest BCUT2D eigenvalue weighted by Crippen LogP contribution is -1.95. The minimum atomic E-state index is 0.245. The monoisotopic (exact) mass is 236 g/mol. The van der Waals surface area contributed by atoms with Gasteiger partial charge in [-0.3, -0.25) is 4.79 Å². The lowest BCUT2D eigenvalue weighted by molar-refractivity contribution is -0.116. The van der Waals surface area contributed by atoms with E-state index in [-0.39, 0.29) is 5.78 Å². The van der Waals surface area contributed by atoms with E-state index in [1.165, 1.54) is 57.8 Å². The molecule has 0 saturated heterocycles. The average Bonchev–Trinajstić information content (AvgIpc) is 3.08. The number of carbonyl (C=O) groups is 1. The van der Waals surface area contributed by atoms with E-state index in [0.717, 1.165) is 18.6 Å². The fraction of sp³-hybridized carbons (Fsp3) is 0.800. The third-order valence-electron chi connectivity index (χ3n) is 3.75. The van der Waals surface area contributed by atoms with Gasteiger partial charge in [-0.25, -0.2) is 0 Å². The van der Waals surface area contributed by atoms with E-state index in [9.17, 15) is 4.79 Å². The Bertz CT molecular complexity index is 278. The van der Waals surface area contributed by atoms with Gasteiger partial charge in [0.25, 0.3) is 0 Å². The molecule has 0 radical (unpaired) electrons. The van der Waals surface area contributed by atoms with Crippen molar-refractivity contribution in [2.24, 2.45) is 0 Å². The molecule has 0 aromatic heterocycles. The van der Waals surface area contributed by atoms with Crippen molar-refractivity contribution in [1.29, 1.82) is 0 Å². The van der Waals surface area contributed by atoms with Gasteiger partial charge in [0.05, 0.1) is 0 Å². The van der Waals surface area contributed by atoms with E-state index in [1.54, 1.807) is 0 Å². The molecule has 1 heterocycles. The summed E-state index contributed by atoms with van der Waals surface area (Å²) in [6.07, 6.45) is 14.5. The third kappa shape index (κ3) is 4.53. The van der Waals surface area contributed by atoms with Gasteiger partial charge in [-0.1, -0.05) is 51.4 Å². The van der Waals surface area contributed by atoms with Gasteiger partial charge in [-0.2, -0.15) is 0 Å². The zero-order valence-electron chi connectivity index (χ0n) is 10.8. The van der Waals surface area contributed by atoms with Gasteiger partial charge in [-0.15, -0.1) is 0 Å². The number of Topliss-reactive ketones (excluding diaryl/α,β-unsaturated/α-hetero) is 1. The maximum absolute atomic E-state index is 11.7. The minimum Gasteiger partial charge on any atom is -0.450 e. The molecule has 0 aromatic carbocycles. The lowest BCUT2D eigenvalue weighted by Gasteiger charge is -2.01. The molecular formula is C15H24O2. The predicted octanol–water partition coefficient (Wildman–Crippen LogP) is 4.49. The Morgan fingerprint density at radius 2 is 1.12 bits per heavy atom. The number of hydrogen-bond donors (Lipinski definition) is 0. The van der Waals surface area contributed by atoms with Crippen LogP contribution in [0.3, 0.4) is 0 Å². The molecule has 96 valence electrons. The smallest absolute Gasteiger partial charge is 0.208 e. The highest BCUT2D eigenvalue weighted by Crippen LogP contribution is 2.33. The minimum absolute atomic E-state index is 0.245. The Balaban J connectivity index is 1.75. The molecule has 0 fully saturated rings. The maximum Gasteiger partial charge on any atom is 0.208 e. The molecule has 1 aliphatic carbocycles. The summed E-state index contributed by atoms with van der Waals surface area (Å²) in [7, 11) is 0. The van der Waals surface area contributed by atoms with Crippen LogP contribution in [0.1, 0.15) is 77.0 Å². The highest BCUT2D eigenvalue weighted by Gasteiger charge is 2.30. The summed E-state index contributed by atoms with van der Waals surface area (Å²) in [5.41, 5.74) is 0. The number of allylic oxidation sites excluding steroid dienone is 2. The van der Waals surface area contributed by atoms with Gasteiger partial charge >= 0.3 is 0 Å². The van der Waals surface area contributed by atoms with Crippen LogP contribution >= 0.6 is 0 Å². The zero-order valence-corrected chi connectivity index (χ0v) is 10.8. The van der Waals surface area contributed by atoms with Gasteiger partial charge in [-0.05, 0) is 12.8 Å². The molecule has 0 spiro atoms.